The maximum absolute atomic E-state index is 6.04. The fourth-order valence-corrected chi connectivity index (χ4v) is 1.74. The largest absolute Gasteiger partial charge is 0.309 e. The lowest BCUT2D eigenvalue weighted by molar-refractivity contribution is 0.450. The van der Waals surface area contributed by atoms with Crippen molar-refractivity contribution in [3.8, 4) is 0 Å². The van der Waals surface area contributed by atoms with Crippen LogP contribution >= 0.6 is 23.2 Å². The Morgan fingerprint density at radius 1 is 1.19 bits per heavy atom. The minimum absolute atomic E-state index is 0.120. The molecule has 0 saturated carbocycles. The Hall–Kier alpha value is -0.500. The van der Waals surface area contributed by atoms with E-state index in [0.717, 1.165) is 12.1 Å². The zero-order chi connectivity index (χ0) is 12.2. The summed E-state index contributed by atoms with van der Waals surface area (Å²) in [7, 11) is 0. The number of benzene rings is 1. The van der Waals surface area contributed by atoms with E-state index in [-0.39, 0.29) is 5.54 Å². The lowest BCUT2D eigenvalue weighted by Gasteiger charge is -2.18. The fraction of sp³-hybridized carbons (Fsp3) is 0.385. The van der Waals surface area contributed by atoms with Gasteiger partial charge in [0.25, 0.3) is 0 Å². The molecule has 0 saturated heterocycles. The molecule has 3 heteroatoms. The lowest BCUT2D eigenvalue weighted by atomic mass is 10.1. The van der Waals surface area contributed by atoms with Crippen LogP contribution in [0.5, 0.6) is 0 Å². The Morgan fingerprint density at radius 3 is 2.25 bits per heavy atom. The van der Waals surface area contributed by atoms with Crippen LogP contribution in [0.2, 0.25) is 10.0 Å². The third-order valence-electron chi connectivity index (χ3n) is 2.03. The van der Waals surface area contributed by atoms with Crippen molar-refractivity contribution in [2.75, 3.05) is 6.54 Å². The summed E-state index contributed by atoms with van der Waals surface area (Å²) >= 11 is 12.1. The summed E-state index contributed by atoms with van der Waals surface area (Å²) < 4.78 is 0. The van der Waals surface area contributed by atoms with Gasteiger partial charge in [0.2, 0.25) is 0 Å². The first-order chi connectivity index (χ1) is 7.40. The van der Waals surface area contributed by atoms with Gasteiger partial charge in [-0.3, -0.25) is 0 Å². The highest BCUT2D eigenvalue weighted by Gasteiger charge is 2.06. The molecule has 0 aliphatic carbocycles. The van der Waals surface area contributed by atoms with Gasteiger partial charge in [0.1, 0.15) is 0 Å². The summed E-state index contributed by atoms with van der Waals surface area (Å²) in [6.45, 7) is 7.18. The van der Waals surface area contributed by atoms with Gasteiger partial charge >= 0.3 is 0 Å². The predicted molar refractivity (Wildman–Crippen MR) is 73.3 cm³/mol. The summed E-state index contributed by atoms with van der Waals surface area (Å²) in [6, 6.07) is 5.52. The van der Waals surface area contributed by atoms with E-state index in [1.165, 1.54) is 0 Å². The molecule has 0 heterocycles. The molecule has 1 aromatic rings. The molecule has 0 spiro atoms. The van der Waals surface area contributed by atoms with E-state index in [1.54, 1.807) is 0 Å². The van der Waals surface area contributed by atoms with Crippen LogP contribution in [0.25, 0.3) is 6.08 Å². The summed E-state index contributed by atoms with van der Waals surface area (Å²) in [5, 5.41) is 4.72. The molecule has 0 radical (unpaired) electrons. The minimum atomic E-state index is 0.120. The van der Waals surface area contributed by atoms with Gasteiger partial charge in [0.15, 0.2) is 0 Å². The molecule has 1 rings (SSSR count). The second-order valence-corrected chi connectivity index (χ2v) is 5.48. The Kier molecular flexibility index (Phi) is 4.85. The van der Waals surface area contributed by atoms with Crippen molar-refractivity contribution in [3.63, 3.8) is 0 Å². The van der Waals surface area contributed by atoms with Crippen molar-refractivity contribution < 1.29 is 0 Å². The van der Waals surface area contributed by atoms with Gasteiger partial charge in [-0.2, -0.15) is 0 Å². The van der Waals surface area contributed by atoms with Gasteiger partial charge in [-0.15, -0.1) is 0 Å². The second kappa shape index (κ2) is 5.72. The molecule has 1 nitrogen and oxygen atoms in total. The van der Waals surface area contributed by atoms with E-state index in [1.807, 2.05) is 30.4 Å². The number of hydrogen-bond donors (Lipinski definition) is 1. The smallest absolute Gasteiger partial charge is 0.0493 e. The number of hydrogen-bond acceptors (Lipinski definition) is 1. The quantitative estimate of drug-likeness (QED) is 0.847. The van der Waals surface area contributed by atoms with Crippen molar-refractivity contribution in [3.05, 3.63) is 39.9 Å². The molecular weight excluding hydrogens is 241 g/mol. The van der Waals surface area contributed by atoms with Crippen LogP contribution in [0.4, 0.5) is 0 Å². The molecule has 0 amide bonds. The molecule has 0 aliphatic rings. The van der Waals surface area contributed by atoms with Crippen LogP contribution in [-0.2, 0) is 0 Å². The summed E-state index contributed by atoms with van der Waals surface area (Å²) in [6.07, 6.45) is 3.97. The van der Waals surface area contributed by atoms with Gasteiger partial charge < -0.3 is 5.32 Å². The molecule has 0 aromatic heterocycles. The van der Waals surface area contributed by atoms with E-state index >= 15 is 0 Å². The average molecular weight is 258 g/mol. The predicted octanol–water partition coefficient (Wildman–Crippen LogP) is 4.39. The second-order valence-electron chi connectivity index (χ2n) is 4.67. The SMILES string of the molecule is CC(C)(C)NCC=Cc1c(Cl)cccc1Cl. The highest BCUT2D eigenvalue weighted by Crippen LogP contribution is 2.25. The fourth-order valence-electron chi connectivity index (χ4n) is 1.21. The lowest BCUT2D eigenvalue weighted by Crippen LogP contribution is -2.35. The third kappa shape index (κ3) is 4.56. The van der Waals surface area contributed by atoms with E-state index in [9.17, 15) is 0 Å². The van der Waals surface area contributed by atoms with Crippen molar-refractivity contribution in [1.29, 1.82) is 0 Å². The summed E-state index contributed by atoms with van der Waals surface area (Å²) in [5.74, 6) is 0. The Labute approximate surface area is 107 Å². The van der Waals surface area contributed by atoms with E-state index in [4.69, 9.17) is 23.2 Å². The molecule has 0 atom stereocenters. The van der Waals surface area contributed by atoms with Crippen LogP contribution < -0.4 is 5.32 Å². The Bertz CT molecular complexity index is 358. The first kappa shape index (κ1) is 13.6. The molecule has 1 aromatic carbocycles. The Morgan fingerprint density at radius 2 is 1.75 bits per heavy atom. The van der Waals surface area contributed by atoms with Crippen molar-refractivity contribution >= 4 is 29.3 Å². The topological polar surface area (TPSA) is 12.0 Å². The first-order valence-corrected chi connectivity index (χ1v) is 6.01. The zero-order valence-corrected chi connectivity index (χ0v) is 11.4. The number of halogens is 2. The zero-order valence-electron chi connectivity index (χ0n) is 9.85. The summed E-state index contributed by atoms with van der Waals surface area (Å²) in [4.78, 5) is 0. The van der Waals surface area contributed by atoms with E-state index in [2.05, 4.69) is 26.1 Å². The monoisotopic (exact) mass is 257 g/mol. The molecule has 0 fully saturated rings. The number of nitrogens with one attached hydrogen (secondary N) is 1. The van der Waals surface area contributed by atoms with Gasteiger partial charge in [-0.25, -0.2) is 0 Å². The highest BCUT2D eigenvalue weighted by molar-refractivity contribution is 6.37. The van der Waals surface area contributed by atoms with Crippen molar-refractivity contribution in [1.82, 2.24) is 5.32 Å². The van der Waals surface area contributed by atoms with Gasteiger partial charge in [-0.05, 0) is 32.9 Å². The molecule has 16 heavy (non-hydrogen) atoms. The Balaban J connectivity index is 2.63. The third-order valence-corrected chi connectivity index (χ3v) is 2.69. The molecule has 0 unspecified atom stereocenters. The maximum Gasteiger partial charge on any atom is 0.0493 e. The molecule has 0 bridgehead atoms. The van der Waals surface area contributed by atoms with Crippen molar-refractivity contribution in [2.24, 2.45) is 0 Å². The molecule has 1 N–H and O–H groups in total. The highest BCUT2D eigenvalue weighted by atomic mass is 35.5. The molecule has 0 aliphatic heterocycles. The summed E-state index contributed by atoms with van der Waals surface area (Å²) in [5.41, 5.74) is 0.996. The van der Waals surface area contributed by atoms with Crippen LogP contribution in [-0.4, -0.2) is 12.1 Å². The average Bonchev–Trinajstić information content (AvgIpc) is 2.14. The maximum atomic E-state index is 6.04. The van der Waals surface area contributed by atoms with Crippen LogP contribution in [0.3, 0.4) is 0 Å². The molecule has 88 valence electrons. The molecular formula is C13H17Cl2N. The van der Waals surface area contributed by atoms with E-state index in [0.29, 0.717) is 10.0 Å². The first-order valence-electron chi connectivity index (χ1n) is 5.26. The van der Waals surface area contributed by atoms with Crippen LogP contribution in [0.1, 0.15) is 26.3 Å². The van der Waals surface area contributed by atoms with Gasteiger partial charge in [0.05, 0.1) is 0 Å². The van der Waals surface area contributed by atoms with Gasteiger partial charge in [-0.1, -0.05) is 41.4 Å². The normalized spacial score (nSPS) is 12.3. The van der Waals surface area contributed by atoms with Crippen LogP contribution in [0.15, 0.2) is 24.3 Å². The minimum Gasteiger partial charge on any atom is -0.309 e. The van der Waals surface area contributed by atoms with Crippen LogP contribution in [0, 0.1) is 0 Å². The van der Waals surface area contributed by atoms with E-state index < -0.39 is 0 Å². The standard InChI is InChI=1S/C13H17Cl2N/c1-13(2,3)16-9-5-6-10-11(14)7-4-8-12(10)15/h4-8,16H,9H2,1-3H3. The van der Waals surface area contributed by atoms with Gasteiger partial charge in [0, 0.05) is 27.7 Å². The number of rotatable bonds is 3. The van der Waals surface area contributed by atoms with Crippen molar-refractivity contribution in [2.45, 2.75) is 26.3 Å².